The van der Waals surface area contributed by atoms with Gasteiger partial charge in [0.1, 0.15) is 13.2 Å². The second-order valence-electron chi connectivity index (χ2n) is 17.4. The maximum atomic E-state index is 12.8. The molecule has 0 saturated heterocycles. The van der Waals surface area contributed by atoms with Crippen molar-refractivity contribution in [3.05, 3.63) is 122 Å². The molecule has 0 aliphatic carbocycles. The molecule has 0 aromatic rings. The maximum absolute atomic E-state index is 12.8. The van der Waals surface area contributed by atoms with Gasteiger partial charge < -0.3 is 14.2 Å². The quantitative estimate of drug-likeness (QED) is 0.0262. The molecule has 6 nitrogen and oxygen atoms in total. The molecular weight excluding hydrogens is 829 g/mol. The lowest BCUT2D eigenvalue weighted by Gasteiger charge is -2.18. The number of hydrogen-bond donors (Lipinski definition) is 0. The zero-order valence-electron chi connectivity index (χ0n) is 43.1. The first-order valence-corrected chi connectivity index (χ1v) is 27.0. The molecule has 0 N–H and O–H groups in total. The lowest BCUT2D eigenvalue weighted by Crippen LogP contribution is -2.30. The van der Waals surface area contributed by atoms with Crippen LogP contribution in [0.3, 0.4) is 0 Å². The molecule has 0 aromatic carbocycles. The first kappa shape index (κ1) is 62.8. The van der Waals surface area contributed by atoms with E-state index < -0.39 is 12.1 Å². The van der Waals surface area contributed by atoms with Gasteiger partial charge in [0.2, 0.25) is 0 Å². The number of carbonyl (C=O) groups is 3. The van der Waals surface area contributed by atoms with Gasteiger partial charge in [-0.25, -0.2) is 0 Å². The van der Waals surface area contributed by atoms with Gasteiger partial charge in [0.05, 0.1) is 0 Å². The second-order valence-corrected chi connectivity index (χ2v) is 17.4. The lowest BCUT2D eigenvalue weighted by atomic mass is 10.1. The summed E-state index contributed by atoms with van der Waals surface area (Å²) in [4.78, 5) is 38.0. The molecule has 0 spiro atoms. The highest BCUT2D eigenvalue weighted by Gasteiger charge is 2.19. The minimum atomic E-state index is -0.840. The van der Waals surface area contributed by atoms with Crippen LogP contribution < -0.4 is 0 Å². The van der Waals surface area contributed by atoms with Gasteiger partial charge in [0, 0.05) is 19.3 Å². The minimum absolute atomic E-state index is 0.128. The Morgan fingerprint density at radius 3 is 1.04 bits per heavy atom. The van der Waals surface area contributed by atoms with Gasteiger partial charge >= 0.3 is 17.9 Å². The van der Waals surface area contributed by atoms with Crippen LogP contribution in [0.2, 0.25) is 0 Å². The summed E-state index contributed by atoms with van der Waals surface area (Å²) >= 11 is 0. The van der Waals surface area contributed by atoms with E-state index in [1.807, 2.05) is 12.2 Å². The molecule has 0 amide bonds. The number of hydrogen-bond acceptors (Lipinski definition) is 6. The Hall–Kier alpha value is -4.19. The largest absolute Gasteiger partial charge is 0.462 e. The molecule has 0 rings (SSSR count). The highest BCUT2D eigenvalue weighted by atomic mass is 16.6. The van der Waals surface area contributed by atoms with Gasteiger partial charge in [0.25, 0.3) is 0 Å². The van der Waals surface area contributed by atoms with Crippen molar-refractivity contribution < 1.29 is 28.6 Å². The van der Waals surface area contributed by atoms with E-state index >= 15 is 0 Å². The van der Waals surface area contributed by atoms with Gasteiger partial charge in [0.15, 0.2) is 6.10 Å². The van der Waals surface area contributed by atoms with Crippen molar-refractivity contribution in [2.24, 2.45) is 0 Å². The predicted molar refractivity (Wildman–Crippen MR) is 288 cm³/mol. The van der Waals surface area contributed by atoms with Crippen LogP contribution in [0.5, 0.6) is 0 Å². The Morgan fingerprint density at radius 1 is 0.313 bits per heavy atom. The van der Waals surface area contributed by atoms with Crippen molar-refractivity contribution in [3.8, 4) is 0 Å². The van der Waals surface area contributed by atoms with Crippen LogP contribution in [0.4, 0.5) is 0 Å². The van der Waals surface area contributed by atoms with E-state index in [0.717, 1.165) is 96.3 Å². The Labute approximate surface area is 412 Å². The predicted octanol–water partition coefficient (Wildman–Crippen LogP) is 18.1. The van der Waals surface area contributed by atoms with Crippen LogP contribution in [0.15, 0.2) is 122 Å². The first-order chi connectivity index (χ1) is 33.0. The monoisotopic (exact) mass is 927 g/mol. The molecule has 6 heteroatoms. The average Bonchev–Trinajstić information content (AvgIpc) is 3.33. The van der Waals surface area contributed by atoms with Gasteiger partial charge in [-0.3, -0.25) is 14.4 Å². The van der Waals surface area contributed by atoms with Gasteiger partial charge in [-0.2, -0.15) is 0 Å². The fourth-order valence-corrected chi connectivity index (χ4v) is 6.88. The smallest absolute Gasteiger partial charge is 0.306 e. The fourth-order valence-electron chi connectivity index (χ4n) is 6.88. The SMILES string of the molecule is CC/C=C\C/C=C\C/C=C\C/C=C\C/C=C\C/C=C\CCC(=O)O[C@H](COC(=O)CCCC/C=C\C/C=C\C/C=C\CCCCC)COC(=O)CCCCCCC/C=C\CCCCCCCC. The van der Waals surface area contributed by atoms with Gasteiger partial charge in [-0.1, -0.05) is 206 Å². The van der Waals surface area contributed by atoms with E-state index in [0.29, 0.717) is 19.3 Å². The van der Waals surface area contributed by atoms with Crippen LogP contribution in [0.25, 0.3) is 0 Å². The van der Waals surface area contributed by atoms with Crippen LogP contribution in [-0.2, 0) is 28.6 Å². The first-order valence-electron chi connectivity index (χ1n) is 27.0. The summed E-state index contributed by atoms with van der Waals surface area (Å²) in [6, 6.07) is 0. The highest BCUT2D eigenvalue weighted by molar-refractivity contribution is 5.71. The number of allylic oxidation sites excluding steroid dienone is 20. The Kier molecular flexibility index (Phi) is 51.0. The summed E-state index contributed by atoms with van der Waals surface area (Å²) < 4.78 is 16.7. The van der Waals surface area contributed by atoms with Crippen LogP contribution >= 0.6 is 0 Å². The third-order valence-electron chi connectivity index (χ3n) is 10.9. The van der Waals surface area contributed by atoms with Crippen molar-refractivity contribution in [2.75, 3.05) is 13.2 Å². The number of ether oxygens (including phenoxy) is 3. The van der Waals surface area contributed by atoms with E-state index in [2.05, 4.69) is 130 Å². The molecule has 67 heavy (non-hydrogen) atoms. The van der Waals surface area contributed by atoms with E-state index in [1.165, 1.54) is 77.0 Å². The van der Waals surface area contributed by atoms with Crippen molar-refractivity contribution in [1.82, 2.24) is 0 Å². The van der Waals surface area contributed by atoms with Crippen molar-refractivity contribution >= 4 is 17.9 Å². The summed E-state index contributed by atoms with van der Waals surface area (Å²) in [5.41, 5.74) is 0. The van der Waals surface area contributed by atoms with E-state index in [1.54, 1.807) is 0 Å². The third-order valence-corrected chi connectivity index (χ3v) is 10.9. The van der Waals surface area contributed by atoms with E-state index in [-0.39, 0.29) is 38.0 Å². The zero-order chi connectivity index (χ0) is 48.6. The van der Waals surface area contributed by atoms with Gasteiger partial charge in [-0.05, 0) is 122 Å². The number of esters is 3. The molecule has 0 bridgehead atoms. The van der Waals surface area contributed by atoms with E-state index in [4.69, 9.17) is 14.2 Å². The normalized spacial score (nSPS) is 13.1. The lowest BCUT2D eigenvalue weighted by molar-refractivity contribution is -0.166. The van der Waals surface area contributed by atoms with Crippen LogP contribution in [0, 0.1) is 0 Å². The number of carbonyl (C=O) groups excluding carboxylic acids is 3. The van der Waals surface area contributed by atoms with Crippen molar-refractivity contribution in [2.45, 2.75) is 232 Å². The highest BCUT2D eigenvalue weighted by Crippen LogP contribution is 2.12. The van der Waals surface area contributed by atoms with Crippen LogP contribution in [-0.4, -0.2) is 37.2 Å². The average molecular weight is 927 g/mol. The van der Waals surface area contributed by atoms with Gasteiger partial charge in [-0.15, -0.1) is 0 Å². The Bertz CT molecular complexity index is 1440. The molecule has 0 unspecified atom stereocenters. The summed E-state index contributed by atoms with van der Waals surface area (Å²) in [5, 5.41) is 0. The molecule has 0 fully saturated rings. The fraction of sp³-hybridized carbons (Fsp3) is 0.623. The number of rotatable bonds is 47. The summed E-state index contributed by atoms with van der Waals surface area (Å²) in [7, 11) is 0. The summed E-state index contributed by atoms with van der Waals surface area (Å²) in [6.07, 6.45) is 74.8. The Morgan fingerprint density at radius 2 is 0.612 bits per heavy atom. The third kappa shape index (κ3) is 52.6. The zero-order valence-corrected chi connectivity index (χ0v) is 43.1. The molecule has 0 aliphatic heterocycles. The van der Waals surface area contributed by atoms with E-state index in [9.17, 15) is 14.4 Å². The second kappa shape index (κ2) is 54.4. The molecule has 0 saturated carbocycles. The topological polar surface area (TPSA) is 78.9 Å². The molecular formula is C61H98O6. The maximum Gasteiger partial charge on any atom is 0.306 e. The van der Waals surface area contributed by atoms with Crippen molar-refractivity contribution in [3.63, 3.8) is 0 Å². The Balaban J connectivity index is 4.60. The minimum Gasteiger partial charge on any atom is -0.462 e. The molecule has 0 radical (unpaired) electrons. The molecule has 0 aromatic heterocycles. The molecule has 378 valence electrons. The standard InChI is InChI=1S/C61H98O6/c1-4-7-10-13-16-19-22-25-28-29-30-31-34-37-40-43-46-49-52-55-61(64)67-58(56-65-59(62)53-50-47-44-41-38-35-32-26-23-20-17-14-11-8-5-2)57-66-60(63)54-51-48-45-42-39-36-33-27-24-21-18-15-12-9-6-3/h7,10,16-17,19-20,25-28,30-33,37-38,40-41,46,49,58H,4-6,8-9,11-15,18,21-24,29,34-36,39,42-45,47-48,50-57H2,1-3H3/b10-7-,19-16-,20-17-,28-25-,31-30-,32-26-,33-27-,40-37-,41-38-,49-46-/t58-/m1/s1. The molecule has 0 aliphatic rings. The van der Waals surface area contributed by atoms with Crippen molar-refractivity contribution in [1.29, 1.82) is 0 Å². The molecule has 0 heterocycles. The summed E-state index contributed by atoms with van der Waals surface area (Å²) in [6.45, 7) is 6.37. The summed E-state index contributed by atoms with van der Waals surface area (Å²) in [5.74, 6) is -1.07. The molecule has 1 atom stereocenters. The van der Waals surface area contributed by atoms with Crippen LogP contribution in [0.1, 0.15) is 226 Å². The number of unbranched alkanes of at least 4 members (excludes halogenated alkanes) is 16.